The zero-order valence-electron chi connectivity index (χ0n) is 54.1. The number of amides is 6. The van der Waals surface area contributed by atoms with Crippen LogP contribution >= 0.6 is 0 Å². The minimum absolute atomic E-state index is 0.0152. The number of ether oxygens (including phenoxy) is 12. The lowest BCUT2D eigenvalue weighted by Gasteiger charge is -2.31. The first kappa shape index (κ1) is 75.6. The number of urea groups is 1. The van der Waals surface area contributed by atoms with Crippen molar-refractivity contribution in [2.24, 2.45) is 16.8 Å². The van der Waals surface area contributed by atoms with Crippen LogP contribution in [-0.2, 0) is 108 Å². The number of pyridine rings is 2. The molecule has 3 atom stereocenters. The number of aliphatic hydroxyl groups is 1. The van der Waals surface area contributed by atoms with Gasteiger partial charge in [-0.25, -0.2) is 19.4 Å². The van der Waals surface area contributed by atoms with Crippen molar-refractivity contribution in [2.45, 2.75) is 90.8 Å². The summed E-state index contributed by atoms with van der Waals surface area (Å²) in [5.41, 5.74) is 15.6. The molecule has 8 N–H and O–H groups in total. The lowest BCUT2D eigenvalue weighted by atomic mass is 9.86. The van der Waals surface area contributed by atoms with Crippen LogP contribution in [0.2, 0.25) is 0 Å². The molecule has 6 amide bonds. The maximum Gasteiger partial charge on any atom is 0.514 e. The molecule has 0 saturated heterocycles. The zero-order valence-corrected chi connectivity index (χ0v) is 54.1. The number of cyclic esters (lactones) is 1. The molecule has 95 heavy (non-hydrogen) atoms. The molecule has 0 bridgehead atoms. The quantitative estimate of drug-likeness (QED) is 0.00735. The molecule has 0 fully saturated rings. The molecule has 2 aliphatic heterocycles. The average molecular weight is 1330 g/mol. The summed E-state index contributed by atoms with van der Waals surface area (Å²) in [6, 6.07) is 9.90. The second kappa shape index (κ2) is 40.8. The van der Waals surface area contributed by atoms with Crippen molar-refractivity contribution < 1.29 is 95.5 Å². The Hall–Kier alpha value is -8.40. The largest absolute Gasteiger partial charge is 0.514 e. The van der Waals surface area contributed by atoms with Gasteiger partial charge in [-0.3, -0.25) is 24.0 Å². The number of hydrogen-bond acceptors (Lipinski definition) is 23. The summed E-state index contributed by atoms with van der Waals surface area (Å²) < 4.78 is 66.5. The van der Waals surface area contributed by atoms with Crippen LogP contribution in [0.3, 0.4) is 0 Å². The van der Waals surface area contributed by atoms with Gasteiger partial charge < -0.3 is 98.8 Å². The summed E-state index contributed by atoms with van der Waals surface area (Å²) >= 11 is 0. The monoisotopic (exact) mass is 1330 g/mol. The molecule has 0 radical (unpaired) electrons. The highest BCUT2D eigenvalue weighted by molar-refractivity contribution is 5.98. The normalized spacial score (nSPS) is 14.4. The minimum atomic E-state index is -1.96. The van der Waals surface area contributed by atoms with Crippen LogP contribution in [0.1, 0.15) is 74.8 Å². The number of azide groups is 1. The van der Waals surface area contributed by atoms with Gasteiger partial charge in [-0.05, 0) is 84.7 Å². The van der Waals surface area contributed by atoms with E-state index in [0.29, 0.717) is 139 Å². The second-order valence-corrected chi connectivity index (χ2v) is 21.9. The molecule has 0 spiro atoms. The molecule has 0 saturated carbocycles. The zero-order chi connectivity index (χ0) is 68.4. The van der Waals surface area contributed by atoms with Crippen molar-refractivity contribution in [1.29, 1.82) is 0 Å². The first-order valence-corrected chi connectivity index (χ1v) is 31.4. The molecule has 0 aliphatic carbocycles. The summed E-state index contributed by atoms with van der Waals surface area (Å²) in [5.74, 6) is -3.54. The Balaban J connectivity index is 0.831. The van der Waals surface area contributed by atoms with Gasteiger partial charge in [0, 0.05) is 46.7 Å². The van der Waals surface area contributed by atoms with Crippen LogP contribution < -0.4 is 42.6 Å². The highest BCUT2D eigenvalue weighted by Gasteiger charge is 2.45. The summed E-state index contributed by atoms with van der Waals surface area (Å²) in [6.45, 7) is 12.4. The average Bonchev–Trinajstić information content (AvgIpc) is 1.62. The Morgan fingerprint density at radius 3 is 1.92 bits per heavy atom. The number of carbonyl (C=O) groups excluding carboxylic acids is 7. The Bertz CT molecular complexity index is 3290. The number of esters is 1. The Labute approximate surface area is 548 Å². The number of fused-ring (bicyclic) bond motifs is 5. The van der Waals surface area contributed by atoms with E-state index in [1.165, 1.54) is 0 Å². The summed E-state index contributed by atoms with van der Waals surface area (Å²) in [6.07, 6.45) is -0.142. The maximum absolute atomic E-state index is 13.8. The predicted molar refractivity (Wildman–Crippen MR) is 340 cm³/mol. The molecule has 32 nitrogen and oxygen atoms in total. The fourth-order valence-corrected chi connectivity index (χ4v) is 9.93. The number of aryl methyl sites for hydroxylation is 1. The molecular formula is C63H87N11O21. The third-order valence-electron chi connectivity index (χ3n) is 14.8. The van der Waals surface area contributed by atoms with E-state index in [4.69, 9.17) is 73.1 Å². The number of primary amides is 1. The number of anilines is 1. The van der Waals surface area contributed by atoms with Gasteiger partial charge in [0.15, 0.2) is 5.60 Å². The van der Waals surface area contributed by atoms with Gasteiger partial charge in [-0.1, -0.05) is 44.9 Å². The Kier molecular flexibility index (Phi) is 32.4. The molecular weight excluding hydrogens is 1250 g/mol. The van der Waals surface area contributed by atoms with Crippen LogP contribution in [0.15, 0.2) is 58.4 Å². The van der Waals surface area contributed by atoms with Crippen LogP contribution in [0.25, 0.3) is 32.7 Å². The molecule has 2 aromatic carbocycles. The van der Waals surface area contributed by atoms with Gasteiger partial charge in [-0.2, -0.15) is 0 Å². The minimum Gasteiger partial charge on any atom is -0.458 e. The van der Waals surface area contributed by atoms with E-state index >= 15 is 0 Å². The second-order valence-electron chi connectivity index (χ2n) is 21.9. The number of benzene rings is 2. The number of aromatic nitrogens is 2. The van der Waals surface area contributed by atoms with Gasteiger partial charge in [0.05, 0.1) is 135 Å². The van der Waals surface area contributed by atoms with Gasteiger partial charge in [0.25, 0.3) is 5.56 Å². The first-order chi connectivity index (χ1) is 46.0. The van der Waals surface area contributed by atoms with E-state index in [1.54, 1.807) is 73.9 Å². The lowest BCUT2D eigenvalue weighted by Crippen LogP contribution is -2.55. The standard InChI is InChI=1S/C63H87N11O21/c1-5-45-46-34-44(13-14-50(46)70-56-47(45)36-74-52(56)35-49-48(59(74)79)38-93-60(80)63(49,83)6-2)95-62(82)94-37-42-9-11-43(12-10-42)69-57(77)51(8-7-15-67-61(64)81)71-58(78)55(41(3)4)72-54(76)40-92-39-53(75)66-16-18-84-20-22-86-24-26-88-28-30-90-32-33-91-31-29-89-27-25-87-23-21-85-19-17-68-73-65/h9-14,34-35,41,51,55,83H,5-8,15-33,36-40H2,1-4H3,(H,66,75)(H,69,77)(H,71,78)(H,72,76)(H3,64,67,81)/t51-,55-,63-/m0/s1. The molecule has 32 heteroatoms. The van der Waals surface area contributed by atoms with Gasteiger partial charge in [0.2, 0.25) is 23.6 Å². The van der Waals surface area contributed by atoms with Crippen molar-refractivity contribution in [3.8, 4) is 17.1 Å². The van der Waals surface area contributed by atoms with Crippen LogP contribution in [0.4, 0.5) is 15.3 Å². The number of rotatable bonds is 46. The summed E-state index contributed by atoms with van der Waals surface area (Å²) in [7, 11) is 0. The van der Waals surface area contributed by atoms with Crippen molar-refractivity contribution >= 4 is 58.4 Å². The molecule has 4 heterocycles. The molecule has 2 aliphatic rings. The molecule has 4 aromatic rings. The molecule has 520 valence electrons. The SMILES string of the molecule is CCc1c2c(nc3ccc(OC(=O)OCc4ccc(NC(=O)[C@H](CCCNC(N)=O)NC(=O)[C@@H](NC(=O)COCC(=O)NCCOCCOCCOCCOCCOCCOCCOCCOCCN=[N+]=[N-])C(C)C)cc4)cc13)-c1cc3c(c(=O)n1C2)COC(=O)[C@]3(O)CC. The highest BCUT2D eigenvalue weighted by Crippen LogP contribution is 2.41. The van der Waals surface area contributed by atoms with E-state index < -0.39 is 78.6 Å². The van der Waals surface area contributed by atoms with Crippen molar-refractivity contribution in [3.63, 3.8) is 0 Å². The lowest BCUT2D eigenvalue weighted by molar-refractivity contribution is -0.172. The topological polar surface area (TPSA) is 420 Å². The number of nitrogens with two attached hydrogens (primary N) is 1. The number of nitrogens with zero attached hydrogens (tertiary/aromatic N) is 5. The van der Waals surface area contributed by atoms with Crippen molar-refractivity contribution in [3.05, 3.63) is 97.1 Å². The Morgan fingerprint density at radius 1 is 0.737 bits per heavy atom. The van der Waals surface area contributed by atoms with E-state index in [2.05, 4.69) is 36.6 Å². The maximum atomic E-state index is 13.8. The van der Waals surface area contributed by atoms with Crippen molar-refractivity contribution in [1.82, 2.24) is 30.8 Å². The van der Waals surface area contributed by atoms with E-state index in [-0.39, 0.29) is 87.8 Å². The number of hydrogen-bond donors (Lipinski definition) is 7. The fourth-order valence-electron chi connectivity index (χ4n) is 9.93. The molecule has 6 rings (SSSR count). The van der Waals surface area contributed by atoms with E-state index in [1.807, 2.05) is 6.92 Å². The third kappa shape index (κ3) is 24.4. The number of nitrogens with one attached hydrogen (secondary N) is 5. The summed E-state index contributed by atoms with van der Waals surface area (Å²) in [5, 5.41) is 28.5. The molecule has 0 unspecified atom stereocenters. The van der Waals surface area contributed by atoms with Gasteiger partial charge >= 0.3 is 18.2 Å². The fraction of sp³-hybridized carbons (Fsp3) is 0.571. The van der Waals surface area contributed by atoms with E-state index in [0.717, 1.165) is 11.1 Å². The third-order valence-corrected chi connectivity index (χ3v) is 14.8. The van der Waals surface area contributed by atoms with Gasteiger partial charge in [0.1, 0.15) is 44.3 Å². The smallest absolute Gasteiger partial charge is 0.458 e. The first-order valence-electron chi connectivity index (χ1n) is 31.4. The predicted octanol–water partition coefficient (Wildman–Crippen LogP) is 2.95. The van der Waals surface area contributed by atoms with E-state index in [9.17, 15) is 43.5 Å². The van der Waals surface area contributed by atoms with Crippen LogP contribution in [0.5, 0.6) is 5.75 Å². The Morgan fingerprint density at radius 2 is 1.34 bits per heavy atom. The van der Waals surface area contributed by atoms with Crippen molar-refractivity contribution in [2.75, 3.05) is 144 Å². The highest BCUT2D eigenvalue weighted by atomic mass is 16.7. The van der Waals surface area contributed by atoms with Crippen LogP contribution in [0, 0.1) is 5.92 Å². The number of carbonyl (C=O) groups is 7. The molecule has 2 aromatic heterocycles. The van der Waals surface area contributed by atoms with Gasteiger partial charge in [-0.15, -0.1) is 0 Å². The summed E-state index contributed by atoms with van der Waals surface area (Å²) in [4.78, 5) is 111. The van der Waals surface area contributed by atoms with Crippen LogP contribution in [-0.4, -0.2) is 207 Å².